The number of hydrogen-bond donors (Lipinski definition) is 1. The summed E-state index contributed by atoms with van der Waals surface area (Å²) in [6.45, 7) is 11.9. The van der Waals surface area contributed by atoms with Crippen molar-refractivity contribution in [3.63, 3.8) is 0 Å². The predicted molar refractivity (Wildman–Crippen MR) is 116 cm³/mol. The van der Waals surface area contributed by atoms with Gasteiger partial charge in [0.05, 0.1) is 11.3 Å². The summed E-state index contributed by atoms with van der Waals surface area (Å²) in [6, 6.07) is 3.46. The first kappa shape index (κ1) is 22.8. The van der Waals surface area contributed by atoms with E-state index in [1.165, 1.54) is 0 Å². The number of carbonyl (C=O) groups excluding carboxylic acids is 3. The minimum absolute atomic E-state index is 0.337. The molecule has 168 valence electrons. The van der Waals surface area contributed by atoms with Gasteiger partial charge >= 0.3 is 12.2 Å². The molecule has 1 aromatic heterocycles. The molecule has 1 aromatic rings. The van der Waals surface area contributed by atoms with Crippen LogP contribution in [-0.2, 0) is 20.7 Å². The van der Waals surface area contributed by atoms with E-state index in [0.29, 0.717) is 43.7 Å². The van der Waals surface area contributed by atoms with Crippen molar-refractivity contribution in [2.75, 3.05) is 18.4 Å². The molecule has 1 aliphatic carbocycles. The SMILES string of the molecule is CC(C)(C)OC(=O)Nc1ccc2c(n1)CC1(CCN(C(=O)OC(C)(C)C)CC1)C2=C=O. The van der Waals surface area contributed by atoms with Crippen LogP contribution >= 0.6 is 0 Å². The minimum Gasteiger partial charge on any atom is -0.444 e. The van der Waals surface area contributed by atoms with Gasteiger partial charge in [-0.3, -0.25) is 5.32 Å². The zero-order chi connectivity index (χ0) is 23.0. The Balaban J connectivity index is 1.72. The van der Waals surface area contributed by atoms with Crippen LogP contribution < -0.4 is 5.32 Å². The molecule has 31 heavy (non-hydrogen) atoms. The topological polar surface area (TPSA) is 97.8 Å². The van der Waals surface area contributed by atoms with E-state index < -0.39 is 22.7 Å². The number of nitrogens with zero attached hydrogens (tertiary/aromatic N) is 2. The number of carbonyl (C=O) groups is 2. The highest BCUT2D eigenvalue weighted by molar-refractivity contribution is 5.94. The Morgan fingerprint density at radius 2 is 1.68 bits per heavy atom. The second-order valence-corrected chi connectivity index (χ2v) is 10.2. The van der Waals surface area contributed by atoms with E-state index in [1.54, 1.807) is 37.8 Å². The predicted octanol–water partition coefficient (Wildman–Crippen LogP) is 4.22. The number of aromatic nitrogens is 1. The molecule has 2 heterocycles. The molecule has 2 amide bonds. The molecule has 0 radical (unpaired) electrons. The molecule has 1 saturated heterocycles. The molecule has 1 fully saturated rings. The molecule has 3 rings (SSSR count). The maximum absolute atomic E-state index is 12.4. The van der Waals surface area contributed by atoms with E-state index in [1.807, 2.05) is 20.8 Å². The Morgan fingerprint density at radius 3 is 2.23 bits per heavy atom. The number of piperidine rings is 1. The summed E-state index contributed by atoms with van der Waals surface area (Å²) in [6.07, 6.45) is 0.907. The fourth-order valence-corrected chi connectivity index (χ4v) is 4.07. The van der Waals surface area contributed by atoms with Crippen molar-refractivity contribution in [2.24, 2.45) is 5.41 Å². The third-order valence-corrected chi connectivity index (χ3v) is 5.38. The highest BCUT2D eigenvalue weighted by atomic mass is 16.6. The Morgan fingerprint density at radius 1 is 1.06 bits per heavy atom. The van der Waals surface area contributed by atoms with Crippen molar-refractivity contribution >= 4 is 29.5 Å². The van der Waals surface area contributed by atoms with Crippen LogP contribution in [0.2, 0.25) is 0 Å². The van der Waals surface area contributed by atoms with E-state index in [-0.39, 0.29) is 6.09 Å². The van der Waals surface area contributed by atoms with Crippen LogP contribution in [0, 0.1) is 5.41 Å². The Labute approximate surface area is 183 Å². The van der Waals surface area contributed by atoms with Crippen LogP contribution in [-0.4, -0.2) is 52.3 Å². The van der Waals surface area contributed by atoms with Gasteiger partial charge in [-0.15, -0.1) is 0 Å². The molecule has 0 unspecified atom stereocenters. The molecule has 1 spiro atoms. The minimum atomic E-state index is -0.611. The first-order chi connectivity index (χ1) is 14.3. The third-order valence-electron chi connectivity index (χ3n) is 5.38. The molecule has 8 nitrogen and oxygen atoms in total. The van der Waals surface area contributed by atoms with E-state index in [4.69, 9.17) is 9.47 Å². The number of anilines is 1. The molecule has 8 heteroatoms. The van der Waals surface area contributed by atoms with Gasteiger partial charge in [-0.05, 0) is 66.5 Å². The molecule has 0 atom stereocenters. The molecule has 1 aliphatic heterocycles. The molecule has 0 saturated carbocycles. The van der Waals surface area contributed by atoms with E-state index >= 15 is 0 Å². The number of amides is 2. The summed E-state index contributed by atoms with van der Waals surface area (Å²) in [4.78, 5) is 42.6. The van der Waals surface area contributed by atoms with Gasteiger partial charge in [0.15, 0.2) is 0 Å². The van der Waals surface area contributed by atoms with Crippen molar-refractivity contribution < 1.29 is 23.9 Å². The summed E-state index contributed by atoms with van der Waals surface area (Å²) >= 11 is 0. The quantitative estimate of drug-likeness (QED) is 0.672. The molecule has 0 aromatic carbocycles. The van der Waals surface area contributed by atoms with Crippen molar-refractivity contribution in [3.8, 4) is 0 Å². The molecule has 2 aliphatic rings. The van der Waals surface area contributed by atoms with E-state index in [0.717, 1.165) is 11.3 Å². The zero-order valence-corrected chi connectivity index (χ0v) is 19.1. The smallest absolute Gasteiger partial charge is 0.413 e. The second kappa shape index (κ2) is 8.00. The maximum atomic E-state index is 12.4. The van der Waals surface area contributed by atoms with Crippen molar-refractivity contribution in [3.05, 3.63) is 23.4 Å². The summed E-state index contributed by atoms with van der Waals surface area (Å²) < 4.78 is 10.7. The number of nitrogens with one attached hydrogen (secondary N) is 1. The number of allylic oxidation sites excluding steroid dienone is 1. The zero-order valence-electron chi connectivity index (χ0n) is 19.1. The van der Waals surface area contributed by atoms with Crippen LogP contribution in [0.4, 0.5) is 15.4 Å². The van der Waals surface area contributed by atoms with Crippen LogP contribution in [0.25, 0.3) is 5.57 Å². The summed E-state index contributed by atoms with van der Waals surface area (Å²) in [7, 11) is 0. The highest BCUT2D eigenvalue weighted by Gasteiger charge is 2.46. The van der Waals surface area contributed by atoms with Gasteiger partial charge in [0, 0.05) is 30.5 Å². The number of fused-ring (bicyclic) bond motifs is 1. The molecule has 1 N–H and O–H groups in total. The Bertz CT molecular complexity index is 928. The lowest BCUT2D eigenvalue weighted by Crippen LogP contribution is -2.45. The average molecular weight is 430 g/mol. The van der Waals surface area contributed by atoms with E-state index in [2.05, 4.69) is 16.2 Å². The van der Waals surface area contributed by atoms with Gasteiger partial charge in [0.1, 0.15) is 23.0 Å². The van der Waals surface area contributed by atoms with Gasteiger partial charge in [-0.1, -0.05) is 0 Å². The first-order valence-electron chi connectivity index (χ1n) is 10.6. The fraction of sp³-hybridized carbons (Fsp3) is 0.609. The van der Waals surface area contributed by atoms with Crippen LogP contribution in [0.1, 0.15) is 65.6 Å². The van der Waals surface area contributed by atoms with Gasteiger partial charge in [-0.25, -0.2) is 19.4 Å². The number of likely N-dealkylation sites (tertiary alicyclic amines) is 1. The first-order valence-corrected chi connectivity index (χ1v) is 10.6. The molecule has 0 bridgehead atoms. The maximum Gasteiger partial charge on any atom is 0.413 e. The fourth-order valence-electron chi connectivity index (χ4n) is 4.07. The van der Waals surface area contributed by atoms with Crippen LogP contribution in [0.3, 0.4) is 0 Å². The summed E-state index contributed by atoms with van der Waals surface area (Å²) in [5.41, 5.74) is 0.543. The molecular weight excluding hydrogens is 398 g/mol. The van der Waals surface area contributed by atoms with Crippen LogP contribution in [0.15, 0.2) is 12.1 Å². The lowest BCUT2D eigenvalue weighted by atomic mass is 9.73. The normalized spacial score (nSPS) is 17.7. The van der Waals surface area contributed by atoms with Crippen LogP contribution in [0.5, 0.6) is 0 Å². The number of rotatable bonds is 1. The summed E-state index contributed by atoms with van der Waals surface area (Å²) in [5, 5.41) is 2.65. The number of pyridine rings is 1. The van der Waals surface area contributed by atoms with Gasteiger partial charge < -0.3 is 14.4 Å². The van der Waals surface area contributed by atoms with E-state index in [9.17, 15) is 14.4 Å². The van der Waals surface area contributed by atoms with Crippen molar-refractivity contribution in [2.45, 2.75) is 72.0 Å². The third kappa shape index (κ3) is 5.25. The lowest BCUT2D eigenvalue weighted by Gasteiger charge is -2.39. The monoisotopic (exact) mass is 429 g/mol. The largest absolute Gasteiger partial charge is 0.444 e. The second-order valence-electron chi connectivity index (χ2n) is 10.2. The Kier molecular flexibility index (Phi) is 5.89. The van der Waals surface area contributed by atoms with Gasteiger partial charge in [0.2, 0.25) is 0 Å². The van der Waals surface area contributed by atoms with Gasteiger partial charge in [-0.2, -0.15) is 0 Å². The summed E-state index contributed by atoms with van der Waals surface area (Å²) in [5.74, 6) is 2.51. The standard InChI is InChI=1S/C23H31N3O5/c1-21(2,3)30-19(28)25-18-8-7-15-16(14-27)23(13-17(15)24-18)9-11-26(12-10-23)20(29)31-22(4,5)6/h7-8H,9-13H2,1-6H3,(H,24,25,28). The Hall–Kier alpha value is -2.86. The molecular formula is C23H31N3O5. The highest BCUT2D eigenvalue weighted by Crippen LogP contribution is 2.51. The van der Waals surface area contributed by atoms with Crippen molar-refractivity contribution in [1.29, 1.82) is 0 Å². The number of ether oxygens (including phenoxy) is 2. The van der Waals surface area contributed by atoms with Gasteiger partial charge in [0.25, 0.3) is 0 Å². The lowest BCUT2D eigenvalue weighted by molar-refractivity contribution is 0.0153. The van der Waals surface area contributed by atoms with Crippen molar-refractivity contribution in [1.82, 2.24) is 9.88 Å². The number of hydrogen-bond acceptors (Lipinski definition) is 6. The average Bonchev–Trinajstić information content (AvgIpc) is 2.90.